The molecule has 67 heavy (non-hydrogen) atoms. The smallest absolute Gasteiger partial charge is 0.0973 e. The van der Waals surface area contributed by atoms with Crippen LogP contribution in [-0.2, 0) is 0 Å². The van der Waals surface area contributed by atoms with Gasteiger partial charge in [-0.05, 0) is 96.4 Å². The molecule has 5 heteroatoms. The Bertz CT molecular complexity index is 4010. The predicted molar refractivity (Wildman–Crippen MR) is 279 cm³/mol. The molecule has 0 spiro atoms. The van der Waals surface area contributed by atoms with Gasteiger partial charge in [-0.2, -0.15) is 0 Å². The van der Waals surface area contributed by atoms with E-state index in [4.69, 9.17) is 9.97 Å². The number of benzene rings is 9. The molecule has 0 bridgehead atoms. The van der Waals surface area contributed by atoms with Gasteiger partial charge in [0.2, 0.25) is 0 Å². The van der Waals surface area contributed by atoms with Crippen molar-refractivity contribution in [3.63, 3.8) is 0 Å². The second kappa shape index (κ2) is 14.9. The number of aromatic nitrogens is 4. The molecule has 5 nitrogen and oxygen atoms in total. The van der Waals surface area contributed by atoms with E-state index in [2.05, 4.69) is 214 Å². The van der Waals surface area contributed by atoms with E-state index < -0.39 is 0 Å². The molecule has 12 aromatic rings. The van der Waals surface area contributed by atoms with E-state index in [0.717, 1.165) is 51.3 Å². The zero-order valence-corrected chi connectivity index (χ0v) is 36.5. The van der Waals surface area contributed by atoms with Gasteiger partial charge in [0.05, 0.1) is 50.5 Å². The van der Waals surface area contributed by atoms with Gasteiger partial charge in [-0.25, -0.2) is 9.97 Å². The number of fused-ring (bicyclic) bond motifs is 11. The van der Waals surface area contributed by atoms with Crippen LogP contribution in [0.4, 0.5) is 11.4 Å². The lowest BCUT2D eigenvalue weighted by molar-refractivity contribution is 0.770. The Kier molecular flexibility index (Phi) is 8.34. The molecule has 4 heterocycles. The summed E-state index contributed by atoms with van der Waals surface area (Å²) in [7, 11) is 0. The van der Waals surface area contributed by atoms with Gasteiger partial charge in [0.25, 0.3) is 0 Å². The van der Waals surface area contributed by atoms with E-state index in [-0.39, 0.29) is 6.04 Å². The van der Waals surface area contributed by atoms with Crippen LogP contribution in [0.25, 0.3) is 111 Å². The molecule has 0 saturated carbocycles. The van der Waals surface area contributed by atoms with Gasteiger partial charge in [-0.15, -0.1) is 0 Å². The van der Waals surface area contributed by atoms with Crippen LogP contribution in [0.2, 0.25) is 0 Å². The highest BCUT2D eigenvalue weighted by atomic mass is 15.2. The average molecular weight is 856 g/mol. The highest BCUT2D eigenvalue weighted by Gasteiger charge is 2.33. The summed E-state index contributed by atoms with van der Waals surface area (Å²) in [5, 5.41) is 4.99. The summed E-state index contributed by atoms with van der Waals surface area (Å²) in [5.41, 5.74) is 19.9. The number of anilines is 2. The van der Waals surface area contributed by atoms with Crippen LogP contribution in [0.15, 0.2) is 231 Å². The Morgan fingerprint density at radius 2 is 1.00 bits per heavy atom. The SMILES string of the molecule is C1=CCC2C(=C1)n1c3ccccc3c3cc(-c4ccc5c6ccccc6n(-c6ccccc6)c5c4)cc(c31)-c1ccccc1N2c1ccc(-c2nc3ccccc3nc2-c2ccccc2)cc1. The van der Waals surface area contributed by atoms with Crippen molar-refractivity contribution in [1.82, 2.24) is 19.1 Å². The summed E-state index contributed by atoms with van der Waals surface area (Å²) in [6.45, 7) is 0. The van der Waals surface area contributed by atoms with E-state index in [9.17, 15) is 0 Å². The van der Waals surface area contributed by atoms with Crippen LogP contribution in [0.3, 0.4) is 0 Å². The number of hydrogen-bond donors (Lipinski definition) is 0. The molecule has 3 aromatic heterocycles. The van der Waals surface area contributed by atoms with Crippen molar-refractivity contribution in [1.29, 1.82) is 0 Å². The molecular weight excluding hydrogens is 815 g/mol. The summed E-state index contributed by atoms with van der Waals surface area (Å²) in [5.74, 6) is 0. The summed E-state index contributed by atoms with van der Waals surface area (Å²) < 4.78 is 4.97. The molecule has 0 saturated heterocycles. The fraction of sp³-hybridized carbons (Fsp3) is 0.0323. The zero-order chi connectivity index (χ0) is 44.0. The summed E-state index contributed by atoms with van der Waals surface area (Å²) >= 11 is 0. The zero-order valence-electron chi connectivity index (χ0n) is 36.5. The first kappa shape index (κ1) is 37.6. The summed E-state index contributed by atoms with van der Waals surface area (Å²) in [4.78, 5) is 13.0. The molecule has 0 N–H and O–H groups in total. The minimum Gasteiger partial charge on any atom is -0.332 e. The topological polar surface area (TPSA) is 38.9 Å². The third-order valence-electron chi connectivity index (χ3n) is 14.0. The molecule has 0 amide bonds. The second-order valence-corrected chi connectivity index (χ2v) is 17.7. The van der Waals surface area contributed by atoms with Crippen molar-refractivity contribution in [2.24, 2.45) is 0 Å². The van der Waals surface area contributed by atoms with Gasteiger partial charge in [-0.1, -0.05) is 152 Å². The van der Waals surface area contributed by atoms with E-state index in [0.29, 0.717) is 0 Å². The van der Waals surface area contributed by atoms with Gasteiger partial charge in [0.1, 0.15) is 0 Å². The average Bonchev–Trinajstić information content (AvgIpc) is 3.91. The molecule has 1 atom stereocenters. The number of allylic oxidation sites excluding steroid dienone is 2. The van der Waals surface area contributed by atoms with Crippen molar-refractivity contribution in [3.8, 4) is 50.5 Å². The largest absolute Gasteiger partial charge is 0.332 e. The maximum atomic E-state index is 5.24. The normalized spacial score (nSPS) is 14.4. The lowest BCUT2D eigenvalue weighted by Gasteiger charge is -2.39. The van der Waals surface area contributed by atoms with Crippen LogP contribution in [0.1, 0.15) is 6.42 Å². The molecule has 1 unspecified atom stereocenters. The van der Waals surface area contributed by atoms with E-state index >= 15 is 0 Å². The molecule has 1 aliphatic carbocycles. The lowest BCUT2D eigenvalue weighted by atomic mass is 9.91. The Hall–Kier alpha value is -8.80. The van der Waals surface area contributed by atoms with Crippen molar-refractivity contribution < 1.29 is 0 Å². The minimum atomic E-state index is 0.0199. The quantitative estimate of drug-likeness (QED) is 0.173. The molecule has 0 fully saturated rings. The van der Waals surface area contributed by atoms with Gasteiger partial charge in [0.15, 0.2) is 0 Å². The van der Waals surface area contributed by atoms with Crippen LogP contribution >= 0.6 is 0 Å². The molecular formula is C62H41N5. The van der Waals surface area contributed by atoms with Crippen molar-refractivity contribution in [3.05, 3.63) is 231 Å². The van der Waals surface area contributed by atoms with Crippen LogP contribution < -0.4 is 4.90 Å². The van der Waals surface area contributed by atoms with Crippen LogP contribution in [-0.4, -0.2) is 25.1 Å². The third kappa shape index (κ3) is 5.81. The van der Waals surface area contributed by atoms with Gasteiger partial charge in [0, 0.05) is 66.6 Å². The fourth-order valence-corrected chi connectivity index (χ4v) is 11.0. The van der Waals surface area contributed by atoms with Crippen molar-refractivity contribution in [2.45, 2.75) is 12.5 Å². The van der Waals surface area contributed by atoms with E-state index in [1.165, 1.54) is 77.2 Å². The lowest BCUT2D eigenvalue weighted by Crippen LogP contribution is -2.35. The predicted octanol–water partition coefficient (Wildman–Crippen LogP) is 15.8. The molecule has 2 aliphatic rings. The fourth-order valence-electron chi connectivity index (χ4n) is 11.0. The Balaban J connectivity index is 0.983. The molecule has 14 rings (SSSR count). The highest BCUT2D eigenvalue weighted by molar-refractivity contribution is 6.18. The number of hydrogen-bond acceptors (Lipinski definition) is 3. The standard InChI is InChI=1S/C62H41N5/c1-3-17-40(18-4-1)60-61(64-53-25-11-10-24-52(53)63-60)41-31-34-45(35-32-41)65-55-27-13-8-22-47(55)50-37-43(38-51-48-23-9-14-28-56(48)67(62(50)51)58-30-16-15-29-57(58)65)42-33-36-49-46-21-7-12-26-54(46)66(59(49)39-42)44-19-5-2-6-20-44/h1-28,30-39,57H,29H2. The Morgan fingerprint density at radius 3 is 1.76 bits per heavy atom. The molecule has 314 valence electrons. The molecule has 9 aromatic carbocycles. The molecule has 1 aliphatic heterocycles. The molecule has 0 radical (unpaired) electrons. The maximum absolute atomic E-state index is 5.24. The minimum absolute atomic E-state index is 0.0199. The monoisotopic (exact) mass is 855 g/mol. The van der Waals surface area contributed by atoms with Crippen LogP contribution in [0, 0.1) is 0 Å². The number of para-hydroxylation sites is 6. The Labute approximate surface area is 387 Å². The Morgan fingerprint density at radius 1 is 0.403 bits per heavy atom. The van der Waals surface area contributed by atoms with Crippen molar-refractivity contribution in [2.75, 3.05) is 4.90 Å². The maximum Gasteiger partial charge on any atom is 0.0973 e. The van der Waals surface area contributed by atoms with E-state index in [1.54, 1.807) is 0 Å². The van der Waals surface area contributed by atoms with Gasteiger partial charge < -0.3 is 14.0 Å². The third-order valence-corrected chi connectivity index (χ3v) is 14.0. The second-order valence-electron chi connectivity index (χ2n) is 17.7. The van der Waals surface area contributed by atoms with Gasteiger partial charge >= 0.3 is 0 Å². The summed E-state index contributed by atoms with van der Waals surface area (Å²) in [6.07, 6.45) is 7.74. The number of nitrogens with zero attached hydrogens (tertiary/aromatic N) is 5. The first-order chi connectivity index (χ1) is 33.2. The van der Waals surface area contributed by atoms with Crippen molar-refractivity contribution >= 4 is 71.7 Å². The highest BCUT2D eigenvalue weighted by Crippen LogP contribution is 2.50. The summed E-state index contributed by atoms with van der Waals surface area (Å²) in [6, 6.07) is 76.9. The first-order valence-electron chi connectivity index (χ1n) is 23.1. The first-order valence-corrected chi connectivity index (χ1v) is 23.1. The number of rotatable bonds is 5. The van der Waals surface area contributed by atoms with Crippen LogP contribution in [0.5, 0.6) is 0 Å². The van der Waals surface area contributed by atoms with Gasteiger partial charge in [-0.3, -0.25) is 0 Å². The van der Waals surface area contributed by atoms with E-state index in [1.807, 2.05) is 30.3 Å².